The van der Waals surface area contributed by atoms with E-state index in [2.05, 4.69) is 34.5 Å². The molecule has 1 aliphatic carbocycles. The van der Waals surface area contributed by atoms with Crippen molar-refractivity contribution in [3.63, 3.8) is 0 Å². The van der Waals surface area contributed by atoms with Crippen LogP contribution >= 0.6 is 0 Å². The molecule has 2 heteroatoms. The van der Waals surface area contributed by atoms with Crippen LogP contribution in [0.1, 0.15) is 37.2 Å². The summed E-state index contributed by atoms with van der Waals surface area (Å²) in [7, 11) is 0. The molecule has 17 heavy (non-hydrogen) atoms. The Kier molecular flexibility index (Phi) is 3.32. The first-order valence-corrected chi connectivity index (χ1v) is 7.10. The number of piperazine rings is 1. The molecule has 2 nitrogen and oxygen atoms in total. The summed E-state index contributed by atoms with van der Waals surface area (Å²) in [5.41, 5.74) is 2.98. The molecule has 1 aliphatic heterocycles. The molecule has 2 aliphatic rings. The van der Waals surface area contributed by atoms with Crippen LogP contribution in [0.5, 0.6) is 0 Å². The molecule has 0 spiro atoms. The zero-order valence-electron chi connectivity index (χ0n) is 10.6. The molecule has 0 unspecified atom stereocenters. The Balaban J connectivity index is 1.70. The van der Waals surface area contributed by atoms with E-state index >= 15 is 0 Å². The van der Waals surface area contributed by atoms with E-state index < -0.39 is 0 Å². The molecule has 92 valence electrons. The average molecular weight is 231 g/mol. The molecule has 1 aromatic rings. The highest BCUT2D eigenvalue weighted by Gasteiger charge is 2.17. The maximum atomic E-state index is 2.51. The lowest BCUT2D eigenvalue weighted by Crippen LogP contribution is -2.89. The fourth-order valence-electron chi connectivity index (χ4n) is 3.23. The number of rotatable bonds is 2. The monoisotopic (exact) mass is 231 g/mol. The minimum atomic E-state index is 0.846. The second kappa shape index (κ2) is 5.09. The first kappa shape index (κ1) is 11.1. The van der Waals surface area contributed by atoms with Crippen LogP contribution in [0.25, 0.3) is 0 Å². The predicted molar refractivity (Wildman–Crippen MR) is 71.5 cm³/mol. The Hall–Kier alpha value is -1.02. The molecule has 0 bridgehead atoms. The minimum Gasteiger partial charge on any atom is -0.360 e. The van der Waals surface area contributed by atoms with Gasteiger partial charge in [-0.25, -0.2) is 0 Å². The number of anilines is 1. The number of benzene rings is 1. The minimum absolute atomic E-state index is 0.846. The van der Waals surface area contributed by atoms with E-state index in [1.165, 1.54) is 57.5 Å². The molecule has 2 N–H and O–H groups in total. The molecule has 2 fully saturated rings. The Morgan fingerprint density at radius 3 is 2.24 bits per heavy atom. The van der Waals surface area contributed by atoms with E-state index in [1.807, 2.05) is 0 Å². The van der Waals surface area contributed by atoms with Crippen molar-refractivity contribution in [1.29, 1.82) is 0 Å². The summed E-state index contributed by atoms with van der Waals surface area (Å²) in [5.74, 6) is 0.846. The molecule has 3 rings (SSSR count). The predicted octanol–water partition coefficient (Wildman–Crippen LogP) is 1.73. The van der Waals surface area contributed by atoms with Crippen LogP contribution in [0.15, 0.2) is 24.3 Å². The third-order valence-electron chi connectivity index (χ3n) is 4.29. The topological polar surface area (TPSA) is 19.9 Å². The summed E-state index contributed by atoms with van der Waals surface area (Å²) in [5, 5.41) is 2.41. The van der Waals surface area contributed by atoms with Crippen molar-refractivity contribution >= 4 is 5.69 Å². The second-order valence-electron chi connectivity index (χ2n) is 5.43. The average Bonchev–Trinajstić information content (AvgIpc) is 2.94. The van der Waals surface area contributed by atoms with Crippen molar-refractivity contribution in [1.82, 2.24) is 0 Å². The van der Waals surface area contributed by atoms with Gasteiger partial charge in [-0.2, -0.15) is 0 Å². The van der Waals surface area contributed by atoms with Gasteiger partial charge in [0.05, 0.1) is 26.2 Å². The lowest BCUT2D eigenvalue weighted by molar-refractivity contribution is -0.655. The molecule has 0 atom stereocenters. The van der Waals surface area contributed by atoms with Crippen LogP contribution in [0.2, 0.25) is 0 Å². The van der Waals surface area contributed by atoms with Gasteiger partial charge >= 0.3 is 0 Å². The highest BCUT2D eigenvalue weighted by molar-refractivity contribution is 5.48. The molecule has 0 amide bonds. The van der Waals surface area contributed by atoms with Crippen molar-refractivity contribution in [3.8, 4) is 0 Å². The van der Waals surface area contributed by atoms with E-state index in [4.69, 9.17) is 0 Å². The highest BCUT2D eigenvalue weighted by Crippen LogP contribution is 2.34. The van der Waals surface area contributed by atoms with E-state index in [1.54, 1.807) is 5.56 Å². The van der Waals surface area contributed by atoms with Crippen LogP contribution in [-0.4, -0.2) is 26.2 Å². The lowest BCUT2D eigenvalue weighted by atomic mass is 9.97. The van der Waals surface area contributed by atoms with Crippen LogP contribution in [0.3, 0.4) is 0 Å². The van der Waals surface area contributed by atoms with Gasteiger partial charge in [0, 0.05) is 5.69 Å². The Morgan fingerprint density at radius 1 is 0.941 bits per heavy atom. The van der Waals surface area contributed by atoms with E-state index in [-0.39, 0.29) is 0 Å². The number of nitrogens with two attached hydrogens (primary N) is 1. The van der Waals surface area contributed by atoms with Crippen LogP contribution in [0, 0.1) is 0 Å². The number of hydrogen-bond donors (Lipinski definition) is 1. The smallest absolute Gasteiger partial charge is 0.0934 e. The SMILES string of the molecule is c1cc(N2CC[NH2+]CC2)ccc1C1CCCC1. The largest absolute Gasteiger partial charge is 0.360 e. The van der Waals surface area contributed by atoms with Crippen molar-refractivity contribution in [2.45, 2.75) is 31.6 Å². The number of quaternary nitrogens is 1. The summed E-state index contributed by atoms with van der Waals surface area (Å²) in [6.07, 6.45) is 5.65. The number of hydrogen-bond acceptors (Lipinski definition) is 1. The molecular formula is C15H23N2+. The maximum absolute atomic E-state index is 2.51. The first-order chi connectivity index (χ1) is 8.43. The van der Waals surface area contributed by atoms with Gasteiger partial charge in [-0.3, -0.25) is 0 Å². The molecule has 1 saturated carbocycles. The molecule has 1 aromatic carbocycles. The second-order valence-corrected chi connectivity index (χ2v) is 5.43. The lowest BCUT2D eigenvalue weighted by Gasteiger charge is -2.27. The van der Waals surface area contributed by atoms with Gasteiger partial charge in [-0.05, 0) is 36.5 Å². The Labute approximate surface area is 104 Å². The fraction of sp³-hybridized carbons (Fsp3) is 0.600. The van der Waals surface area contributed by atoms with Crippen LogP contribution in [0.4, 0.5) is 5.69 Å². The summed E-state index contributed by atoms with van der Waals surface area (Å²) < 4.78 is 0. The first-order valence-electron chi connectivity index (χ1n) is 7.10. The quantitative estimate of drug-likeness (QED) is 0.821. The normalized spacial score (nSPS) is 22.0. The Bertz CT molecular complexity index is 346. The summed E-state index contributed by atoms with van der Waals surface area (Å²) >= 11 is 0. The van der Waals surface area contributed by atoms with Gasteiger partial charge in [-0.15, -0.1) is 0 Å². The number of nitrogens with zero attached hydrogens (tertiary/aromatic N) is 1. The standard InChI is InChI=1S/C15H22N2/c1-2-4-13(3-1)14-5-7-15(8-6-14)17-11-9-16-10-12-17/h5-8,13,16H,1-4,9-12H2/p+1. The Morgan fingerprint density at radius 2 is 1.59 bits per heavy atom. The van der Waals surface area contributed by atoms with Crippen molar-refractivity contribution < 1.29 is 5.32 Å². The van der Waals surface area contributed by atoms with E-state index in [9.17, 15) is 0 Å². The van der Waals surface area contributed by atoms with Crippen molar-refractivity contribution in [2.24, 2.45) is 0 Å². The zero-order valence-corrected chi connectivity index (χ0v) is 10.6. The highest BCUT2D eigenvalue weighted by atomic mass is 15.2. The fourth-order valence-corrected chi connectivity index (χ4v) is 3.23. The van der Waals surface area contributed by atoms with Crippen molar-refractivity contribution in [3.05, 3.63) is 29.8 Å². The van der Waals surface area contributed by atoms with Gasteiger partial charge < -0.3 is 10.2 Å². The third kappa shape index (κ3) is 2.47. The van der Waals surface area contributed by atoms with Crippen LogP contribution < -0.4 is 10.2 Å². The van der Waals surface area contributed by atoms with Gasteiger partial charge in [0.1, 0.15) is 0 Å². The van der Waals surface area contributed by atoms with Gasteiger partial charge in [0.25, 0.3) is 0 Å². The molecule has 0 radical (unpaired) electrons. The molecule has 0 aromatic heterocycles. The van der Waals surface area contributed by atoms with Gasteiger partial charge in [0.2, 0.25) is 0 Å². The van der Waals surface area contributed by atoms with E-state index in [0.29, 0.717) is 0 Å². The van der Waals surface area contributed by atoms with Crippen LogP contribution in [-0.2, 0) is 0 Å². The zero-order chi connectivity index (χ0) is 11.5. The third-order valence-corrected chi connectivity index (χ3v) is 4.29. The van der Waals surface area contributed by atoms with E-state index in [0.717, 1.165) is 5.92 Å². The molecule has 1 heterocycles. The molecule has 1 saturated heterocycles. The summed E-state index contributed by atoms with van der Waals surface area (Å²) in [4.78, 5) is 2.51. The van der Waals surface area contributed by atoms with Gasteiger partial charge in [0.15, 0.2) is 0 Å². The van der Waals surface area contributed by atoms with Gasteiger partial charge in [-0.1, -0.05) is 25.0 Å². The van der Waals surface area contributed by atoms with Crippen molar-refractivity contribution in [2.75, 3.05) is 31.1 Å². The maximum Gasteiger partial charge on any atom is 0.0934 e. The molecular weight excluding hydrogens is 208 g/mol. The summed E-state index contributed by atoms with van der Waals surface area (Å²) in [6, 6.07) is 9.39. The summed E-state index contributed by atoms with van der Waals surface area (Å²) in [6.45, 7) is 4.88.